The Morgan fingerprint density at radius 1 is 1.22 bits per heavy atom. The predicted octanol–water partition coefficient (Wildman–Crippen LogP) is 2.93. The van der Waals surface area contributed by atoms with Crippen LogP contribution < -0.4 is 0 Å². The van der Waals surface area contributed by atoms with Gasteiger partial charge in [0.2, 0.25) is 0 Å². The second-order valence-corrected chi connectivity index (χ2v) is 7.79. The fourth-order valence-electron chi connectivity index (χ4n) is 4.75. The van der Waals surface area contributed by atoms with Crippen LogP contribution in [0.15, 0.2) is 42.6 Å². The second-order valence-electron chi connectivity index (χ2n) is 7.79. The van der Waals surface area contributed by atoms with E-state index in [1.54, 1.807) is 4.68 Å². The number of carbonyl (C=O) groups excluding carboxylic acids is 1. The Labute approximate surface area is 158 Å². The zero-order valence-corrected chi connectivity index (χ0v) is 15.5. The average molecular weight is 361 g/mol. The van der Waals surface area contributed by atoms with Gasteiger partial charge in [0.15, 0.2) is 0 Å². The smallest absolute Gasteiger partial charge is 0.272 e. The third-order valence-electron chi connectivity index (χ3n) is 6.15. The summed E-state index contributed by atoms with van der Waals surface area (Å²) in [7, 11) is 1.85. The Morgan fingerprint density at radius 2 is 2.07 bits per heavy atom. The van der Waals surface area contributed by atoms with Gasteiger partial charge in [0, 0.05) is 36.8 Å². The molecule has 1 aliphatic carbocycles. The first kappa shape index (κ1) is 16.3. The molecule has 3 aromatic rings. The van der Waals surface area contributed by atoms with E-state index in [4.69, 9.17) is 0 Å². The van der Waals surface area contributed by atoms with Gasteiger partial charge in [-0.15, -0.1) is 0 Å². The van der Waals surface area contributed by atoms with Crippen molar-refractivity contribution in [1.82, 2.24) is 24.9 Å². The Morgan fingerprint density at radius 3 is 2.93 bits per heavy atom. The van der Waals surface area contributed by atoms with Gasteiger partial charge in [-0.1, -0.05) is 30.3 Å². The highest BCUT2D eigenvalue weighted by Gasteiger charge is 2.44. The highest BCUT2D eigenvalue weighted by molar-refractivity contribution is 5.94. The molecule has 6 nitrogen and oxygen atoms in total. The lowest BCUT2D eigenvalue weighted by Crippen LogP contribution is -2.48. The fraction of sp³-hybridized carbons (Fsp3) is 0.381. The number of nitrogens with one attached hydrogen (secondary N) is 1. The Balaban J connectivity index is 1.43. The summed E-state index contributed by atoms with van der Waals surface area (Å²) in [6.45, 7) is 1.56. The van der Waals surface area contributed by atoms with E-state index in [0.29, 0.717) is 5.69 Å². The number of likely N-dealkylation sites (tertiary alicyclic amines) is 1. The molecule has 2 aliphatic rings. The number of aryl methyl sites for hydroxylation is 2. The molecule has 1 fully saturated rings. The maximum absolute atomic E-state index is 13.3. The number of nitrogens with zero attached hydrogens (tertiary/aromatic N) is 4. The molecule has 138 valence electrons. The van der Waals surface area contributed by atoms with E-state index >= 15 is 0 Å². The summed E-state index contributed by atoms with van der Waals surface area (Å²) in [5.74, 6) is 0.0687. The minimum atomic E-state index is 0.0423. The van der Waals surface area contributed by atoms with E-state index in [9.17, 15) is 4.79 Å². The maximum atomic E-state index is 13.3. The monoisotopic (exact) mass is 361 g/mol. The number of amides is 1. The van der Waals surface area contributed by atoms with Crippen LogP contribution >= 0.6 is 0 Å². The molecule has 6 heteroatoms. The predicted molar refractivity (Wildman–Crippen MR) is 102 cm³/mol. The van der Waals surface area contributed by atoms with Crippen molar-refractivity contribution in [1.29, 1.82) is 0 Å². The minimum Gasteiger partial charge on any atom is -0.336 e. The van der Waals surface area contributed by atoms with Gasteiger partial charge in [-0.2, -0.15) is 10.2 Å². The molecule has 1 unspecified atom stereocenters. The molecule has 0 saturated carbocycles. The number of piperidine rings is 1. The molecule has 1 spiro atoms. The normalized spacial score (nSPS) is 21.6. The van der Waals surface area contributed by atoms with Crippen molar-refractivity contribution in [3.05, 3.63) is 59.5 Å². The number of H-pyrrole nitrogens is 1. The lowest BCUT2D eigenvalue weighted by atomic mass is 9.77. The van der Waals surface area contributed by atoms with Crippen molar-refractivity contribution in [2.45, 2.75) is 31.1 Å². The molecule has 1 N–H and O–H groups in total. The number of hydrogen-bond donors (Lipinski definition) is 1. The van der Waals surface area contributed by atoms with Crippen LogP contribution in [0.2, 0.25) is 0 Å². The van der Waals surface area contributed by atoms with Gasteiger partial charge < -0.3 is 4.90 Å². The van der Waals surface area contributed by atoms with E-state index in [2.05, 4.69) is 15.3 Å². The number of aromatic amines is 1. The molecule has 0 radical (unpaired) electrons. The van der Waals surface area contributed by atoms with Crippen molar-refractivity contribution in [2.75, 3.05) is 13.1 Å². The van der Waals surface area contributed by atoms with E-state index in [-0.39, 0.29) is 11.3 Å². The van der Waals surface area contributed by atoms with E-state index in [0.717, 1.165) is 50.0 Å². The van der Waals surface area contributed by atoms with Crippen molar-refractivity contribution in [2.24, 2.45) is 7.05 Å². The third-order valence-corrected chi connectivity index (χ3v) is 6.15. The summed E-state index contributed by atoms with van der Waals surface area (Å²) in [6.07, 6.45) is 6.23. The van der Waals surface area contributed by atoms with Crippen LogP contribution in [0.5, 0.6) is 0 Å². The number of rotatable bonds is 2. The first-order valence-corrected chi connectivity index (χ1v) is 9.58. The zero-order valence-electron chi connectivity index (χ0n) is 15.5. The SMILES string of the molecule is Cn1nc(-c2ccccc2)cc1C(=O)N1CCCC2(CCc3cn[nH]c32)C1. The third kappa shape index (κ3) is 2.59. The number of aromatic nitrogens is 4. The number of benzene rings is 1. The van der Waals surface area contributed by atoms with Crippen molar-refractivity contribution in [3.63, 3.8) is 0 Å². The Hall–Kier alpha value is -2.89. The molecule has 1 aliphatic heterocycles. The van der Waals surface area contributed by atoms with E-state index in [1.807, 2.05) is 54.5 Å². The highest BCUT2D eigenvalue weighted by Crippen LogP contribution is 2.44. The maximum Gasteiger partial charge on any atom is 0.272 e. The molecule has 1 aromatic carbocycles. The van der Waals surface area contributed by atoms with Gasteiger partial charge in [-0.05, 0) is 37.3 Å². The summed E-state index contributed by atoms with van der Waals surface area (Å²) < 4.78 is 1.71. The molecule has 1 saturated heterocycles. The molecule has 0 bridgehead atoms. The molecule has 1 atom stereocenters. The quantitative estimate of drug-likeness (QED) is 0.763. The number of fused-ring (bicyclic) bond motifs is 2. The van der Waals surface area contributed by atoms with Crippen LogP contribution in [0.1, 0.15) is 41.0 Å². The minimum absolute atomic E-state index is 0.0423. The van der Waals surface area contributed by atoms with Crippen LogP contribution in [0.25, 0.3) is 11.3 Å². The fourth-order valence-corrected chi connectivity index (χ4v) is 4.75. The number of hydrogen-bond acceptors (Lipinski definition) is 3. The Bertz CT molecular complexity index is 989. The van der Waals surface area contributed by atoms with Gasteiger partial charge in [0.05, 0.1) is 11.9 Å². The molecule has 3 heterocycles. The van der Waals surface area contributed by atoms with Crippen LogP contribution in [-0.4, -0.2) is 43.9 Å². The van der Waals surface area contributed by atoms with Gasteiger partial charge in [0.1, 0.15) is 5.69 Å². The highest BCUT2D eigenvalue weighted by atomic mass is 16.2. The zero-order chi connectivity index (χ0) is 18.4. The van der Waals surface area contributed by atoms with Crippen LogP contribution in [-0.2, 0) is 18.9 Å². The Kier molecular flexibility index (Phi) is 3.67. The molecular formula is C21H23N5O. The topological polar surface area (TPSA) is 66.8 Å². The van der Waals surface area contributed by atoms with Gasteiger partial charge in [0.25, 0.3) is 5.91 Å². The second kappa shape index (κ2) is 6.08. The van der Waals surface area contributed by atoms with Gasteiger partial charge in [-0.3, -0.25) is 14.6 Å². The molecular weight excluding hydrogens is 338 g/mol. The largest absolute Gasteiger partial charge is 0.336 e. The molecule has 2 aromatic heterocycles. The summed E-state index contributed by atoms with van der Waals surface area (Å²) in [5, 5.41) is 12.0. The first-order valence-electron chi connectivity index (χ1n) is 9.58. The van der Waals surface area contributed by atoms with Crippen molar-refractivity contribution >= 4 is 5.91 Å². The van der Waals surface area contributed by atoms with Crippen molar-refractivity contribution < 1.29 is 4.79 Å². The average Bonchev–Trinajstić information content (AvgIpc) is 3.40. The summed E-state index contributed by atoms with van der Waals surface area (Å²) in [5.41, 5.74) is 5.12. The standard InChI is InChI=1S/C21H23N5O/c1-25-18(12-17(24-25)15-6-3-2-4-7-15)20(27)26-11-5-9-21(14-26)10-8-16-13-22-23-19(16)21/h2-4,6-7,12-13H,5,8-11,14H2,1H3,(H,22,23). The van der Waals surface area contributed by atoms with Gasteiger partial charge in [-0.25, -0.2) is 0 Å². The van der Waals surface area contributed by atoms with Crippen LogP contribution in [0, 0.1) is 0 Å². The molecule has 5 rings (SSSR count). The summed E-state index contributed by atoms with van der Waals surface area (Å²) in [4.78, 5) is 15.3. The summed E-state index contributed by atoms with van der Waals surface area (Å²) in [6, 6.07) is 11.9. The van der Waals surface area contributed by atoms with E-state index in [1.165, 1.54) is 11.3 Å². The van der Waals surface area contributed by atoms with Crippen LogP contribution in [0.4, 0.5) is 0 Å². The van der Waals surface area contributed by atoms with E-state index < -0.39 is 0 Å². The lowest BCUT2D eigenvalue weighted by molar-refractivity contribution is 0.0622. The van der Waals surface area contributed by atoms with Crippen LogP contribution in [0.3, 0.4) is 0 Å². The lowest BCUT2D eigenvalue weighted by Gasteiger charge is -2.40. The first-order chi connectivity index (χ1) is 13.2. The molecule has 27 heavy (non-hydrogen) atoms. The van der Waals surface area contributed by atoms with Gasteiger partial charge >= 0.3 is 0 Å². The van der Waals surface area contributed by atoms with Crippen molar-refractivity contribution in [3.8, 4) is 11.3 Å². The summed E-state index contributed by atoms with van der Waals surface area (Å²) >= 11 is 0. The number of carbonyl (C=O) groups is 1. The molecule has 1 amide bonds.